The number of hydrogen-bond donors (Lipinski definition) is 2. The van der Waals surface area contributed by atoms with Gasteiger partial charge in [-0.2, -0.15) is 5.10 Å². The first-order chi connectivity index (χ1) is 13.1. The number of hydrogen-bond acceptors (Lipinski definition) is 7. The van der Waals surface area contributed by atoms with E-state index in [-0.39, 0.29) is 11.9 Å². The average Bonchev–Trinajstić information content (AvgIpc) is 3.29. The number of carbonyl (C=O) groups excluding carboxylic acids is 1. The predicted molar refractivity (Wildman–Crippen MR) is 112 cm³/mol. The van der Waals surface area contributed by atoms with Crippen LogP contribution in [-0.2, 0) is 11.3 Å². The topological polar surface area (TPSA) is 84.7 Å². The van der Waals surface area contributed by atoms with Crippen LogP contribution in [0.4, 0.5) is 5.82 Å². The molecular weight excluding hydrogens is 380 g/mol. The molecule has 0 atom stereocenters. The maximum atomic E-state index is 11.9. The van der Waals surface area contributed by atoms with Gasteiger partial charge in [-0.3, -0.25) is 4.79 Å². The van der Waals surface area contributed by atoms with E-state index in [0.29, 0.717) is 18.2 Å². The zero-order valence-electron chi connectivity index (χ0n) is 15.5. The molecule has 0 aliphatic heterocycles. The van der Waals surface area contributed by atoms with Gasteiger partial charge >= 0.3 is 0 Å². The lowest BCUT2D eigenvalue weighted by molar-refractivity contribution is -0.116. The van der Waals surface area contributed by atoms with E-state index in [1.165, 1.54) is 11.8 Å². The molecule has 3 heterocycles. The molecule has 9 heteroatoms. The second kappa shape index (κ2) is 9.01. The Balaban J connectivity index is 1.67. The summed E-state index contributed by atoms with van der Waals surface area (Å²) in [6.07, 6.45) is 7.07. The van der Waals surface area contributed by atoms with Gasteiger partial charge < -0.3 is 10.6 Å². The Kier molecular flexibility index (Phi) is 6.46. The normalized spacial score (nSPS) is 11.6. The van der Waals surface area contributed by atoms with Gasteiger partial charge in [0.25, 0.3) is 0 Å². The lowest BCUT2D eigenvalue weighted by atomic mass is 10.3. The molecule has 0 spiro atoms. The largest absolute Gasteiger partial charge is 0.367 e. The first-order valence-electron chi connectivity index (χ1n) is 8.60. The molecule has 2 N–H and O–H groups in total. The number of carbonyl (C=O) groups is 1. The molecule has 0 aromatic carbocycles. The van der Waals surface area contributed by atoms with Crippen molar-refractivity contribution in [3.05, 3.63) is 34.7 Å². The minimum atomic E-state index is -0.124. The first-order valence-corrected chi connectivity index (χ1v) is 10.7. The second-order valence-corrected chi connectivity index (χ2v) is 7.86. The third-order valence-corrected chi connectivity index (χ3v) is 5.03. The van der Waals surface area contributed by atoms with Crippen LogP contribution in [0.25, 0.3) is 17.1 Å². The van der Waals surface area contributed by atoms with Crippen LogP contribution in [0.3, 0.4) is 0 Å². The van der Waals surface area contributed by atoms with E-state index in [9.17, 15) is 4.79 Å². The molecule has 0 bridgehead atoms. The molecule has 3 aromatic rings. The molecule has 0 radical (unpaired) electrons. The van der Waals surface area contributed by atoms with Crippen molar-refractivity contribution in [2.75, 3.05) is 18.1 Å². The van der Waals surface area contributed by atoms with Crippen LogP contribution in [-0.4, -0.2) is 44.5 Å². The maximum absolute atomic E-state index is 11.9. The van der Waals surface area contributed by atoms with E-state index in [2.05, 4.69) is 39.5 Å². The molecule has 0 fully saturated rings. The first kappa shape index (κ1) is 19.4. The molecule has 3 rings (SSSR count). The quantitative estimate of drug-likeness (QED) is 0.342. The molecule has 0 unspecified atom stereocenters. The highest BCUT2D eigenvalue weighted by atomic mass is 32.2. The minimum Gasteiger partial charge on any atom is -0.367 e. The Labute approximate surface area is 166 Å². The van der Waals surface area contributed by atoms with Crippen molar-refractivity contribution in [3.63, 3.8) is 0 Å². The lowest BCUT2D eigenvalue weighted by Crippen LogP contribution is -2.25. The molecular formula is C18H22N6OS2. The van der Waals surface area contributed by atoms with Gasteiger partial charge in [0.2, 0.25) is 5.91 Å². The van der Waals surface area contributed by atoms with Gasteiger partial charge in [0.05, 0.1) is 18.1 Å². The number of thioether (sulfide) groups is 1. The Morgan fingerprint density at radius 1 is 1.41 bits per heavy atom. The van der Waals surface area contributed by atoms with Gasteiger partial charge in [0, 0.05) is 23.5 Å². The Morgan fingerprint density at radius 3 is 2.96 bits per heavy atom. The number of thiophene rings is 1. The SMILES string of the molecule is CSc1nc(NC(C)C)c2cnn(CCNC(=O)/C=C/c3cccs3)c2n1. The van der Waals surface area contributed by atoms with Crippen LogP contribution in [0.2, 0.25) is 0 Å². The summed E-state index contributed by atoms with van der Waals surface area (Å²) in [5.74, 6) is 0.662. The van der Waals surface area contributed by atoms with Crippen molar-refractivity contribution in [2.45, 2.75) is 31.6 Å². The van der Waals surface area contributed by atoms with Gasteiger partial charge in [-0.05, 0) is 37.6 Å². The van der Waals surface area contributed by atoms with E-state index in [1.54, 1.807) is 28.3 Å². The summed E-state index contributed by atoms with van der Waals surface area (Å²) in [5.41, 5.74) is 0.765. The van der Waals surface area contributed by atoms with Gasteiger partial charge in [0.15, 0.2) is 10.8 Å². The molecule has 0 aliphatic rings. The summed E-state index contributed by atoms with van der Waals surface area (Å²) in [5, 5.41) is 14.2. The van der Waals surface area contributed by atoms with Crippen molar-refractivity contribution < 1.29 is 4.79 Å². The van der Waals surface area contributed by atoms with Gasteiger partial charge in [-0.15, -0.1) is 11.3 Å². The zero-order valence-corrected chi connectivity index (χ0v) is 17.1. The number of nitrogens with one attached hydrogen (secondary N) is 2. The van der Waals surface area contributed by atoms with Crippen molar-refractivity contribution in [1.82, 2.24) is 25.1 Å². The molecule has 0 saturated carbocycles. The van der Waals surface area contributed by atoms with E-state index in [0.717, 1.165) is 21.7 Å². The van der Waals surface area contributed by atoms with Gasteiger partial charge in [-0.1, -0.05) is 17.8 Å². The Hall–Kier alpha value is -2.39. The number of fused-ring (bicyclic) bond motifs is 1. The maximum Gasteiger partial charge on any atom is 0.244 e. The van der Waals surface area contributed by atoms with Crippen LogP contribution in [0.1, 0.15) is 18.7 Å². The van der Waals surface area contributed by atoms with Crippen LogP contribution in [0.15, 0.2) is 34.9 Å². The molecule has 1 amide bonds. The van der Waals surface area contributed by atoms with E-state index < -0.39 is 0 Å². The fourth-order valence-corrected chi connectivity index (χ4v) is 3.44. The Bertz CT molecular complexity index is 933. The van der Waals surface area contributed by atoms with E-state index >= 15 is 0 Å². The molecule has 142 valence electrons. The van der Waals surface area contributed by atoms with E-state index in [4.69, 9.17) is 0 Å². The monoisotopic (exact) mass is 402 g/mol. The number of aromatic nitrogens is 4. The van der Waals surface area contributed by atoms with Crippen molar-refractivity contribution in [2.24, 2.45) is 0 Å². The highest BCUT2D eigenvalue weighted by molar-refractivity contribution is 7.98. The number of amides is 1. The van der Waals surface area contributed by atoms with Crippen molar-refractivity contribution in [3.8, 4) is 0 Å². The second-order valence-electron chi connectivity index (χ2n) is 6.10. The summed E-state index contributed by atoms with van der Waals surface area (Å²) in [6.45, 7) is 5.14. The average molecular weight is 403 g/mol. The lowest BCUT2D eigenvalue weighted by Gasteiger charge is -2.11. The zero-order chi connectivity index (χ0) is 19.2. The summed E-state index contributed by atoms with van der Waals surface area (Å²) in [6, 6.07) is 4.18. The van der Waals surface area contributed by atoms with Crippen LogP contribution in [0, 0.1) is 0 Å². The summed E-state index contributed by atoms with van der Waals surface area (Å²) in [7, 11) is 0. The molecule has 0 saturated heterocycles. The third-order valence-electron chi connectivity index (χ3n) is 3.65. The third kappa shape index (κ3) is 5.08. The fraction of sp³-hybridized carbons (Fsp3) is 0.333. The van der Waals surface area contributed by atoms with Crippen LogP contribution in [0.5, 0.6) is 0 Å². The van der Waals surface area contributed by atoms with Crippen molar-refractivity contribution in [1.29, 1.82) is 0 Å². The Morgan fingerprint density at radius 2 is 2.26 bits per heavy atom. The number of anilines is 1. The van der Waals surface area contributed by atoms with E-state index in [1.807, 2.05) is 29.8 Å². The van der Waals surface area contributed by atoms with Crippen LogP contribution >= 0.6 is 23.1 Å². The number of nitrogens with zero attached hydrogens (tertiary/aromatic N) is 4. The fourth-order valence-electron chi connectivity index (χ4n) is 2.46. The molecule has 3 aromatic heterocycles. The number of rotatable bonds is 8. The standard InChI is InChI=1S/C18H22N6OS2/c1-12(2)21-16-14-11-20-24(17(14)23-18(22-16)26-3)9-8-19-15(25)7-6-13-5-4-10-27-13/h4-7,10-12H,8-9H2,1-3H3,(H,19,25)(H,21,22,23)/b7-6+. The molecule has 27 heavy (non-hydrogen) atoms. The van der Waals surface area contributed by atoms with Gasteiger partial charge in [-0.25, -0.2) is 14.6 Å². The molecule has 0 aliphatic carbocycles. The summed E-state index contributed by atoms with van der Waals surface area (Å²) >= 11 is 3.08. The van der Waals surface area contributed by atoms with Gasteiger partial charge in [0.1, 0.15) is 5.82 Å². The highest BCUT2D eigenvalue weighted by Gasteiger charge is 2.13. The van der Waals surface area contributed by atoms with Crippen molar-refractivity contribution >= 4 is 51.9 Å². The van der Waals surface area contributed by atoms with Crippen LogP contribution < -0.4 is 10.6 Å². The highest BCUT2D eigenvalue weighted by Crippen LogP contribution is 2.23. The smallest absolute Gasteiger partial charge is 0.244 e. The summed E-state index contributed by atoms with van der Waals surface area (Å²) in [4.78, 5) is 22.1. The summed E-state index contributed by atoms with van der Waals surface area (Å²) < 4.78 is 1.80. The minimum absolute atomic E-state index is 0.124. The molecule has 7 nitrogen and oxygen atoms in total. The predicted octanol–water partition coefficient (Wildman–Crippen LogP) is 3.26.